The first-order chi connectivity index (χ1) is 31.7. The molecular formula is C43H32Br2F10N10O3. The predicted octanol–water partition coefficient (Wildman–Crippen LogP) is 14.2. The average molecular weight is 1090 g/mol. The molecule has 7 rings (SSSR count). The standard InChI is InChI=1S/C21H15BrF5N5O.C12H10BrF2N5.C10H7F3O2/c1-12-9-19(20(2,23)24)29-31(12)16-8-5-14(22)10-17(16)32-18(11-28-30-32)13-3-6-15(7-4-13)33-21(25,26)27;1-7-5-11(12(2,14)15)18-20(7)10-4-3-8(13)6-9(10)17-19-16;1-2-9(14)7-3-5-8(6-4-7)15-10(11,12)13/h3-11H,1-2H3;3-6H,1-2H3;2-6H,1H2. The number of rotatable bonds is 11. The normalized spacial score (nSPS) is 11.6. The highest BCUT2D eigenvalue weighted by Gasteiger charge is 2.33. The molecule has 0 saturated heterocycles. The molecule has 0 bridgehead atoms. The average Bonchev–Trinajstić information content (AvgIpc) is 3.99. The number of nitrogens with zero attached hydrogens (tertiary/aromatic N) is 10. The van der Waals surface area contributed by atoms with Crippen LogP contribution in [0.15, 0.2) is 130 Å². The van der Waals surface area contributed by atoms with Crippen LogP contribution < -0.4 is 9.47 Å². The number of alkyl halides is 10. The Bertz CT molecular complexity index is 2950. The molecule has 25 heteroatoms. The zero-order chi connectivity index (χ0) is 50.4. The maximum Gasteiger partial charge on any atom is 0.573 e. The minimum Gasteiger partial charge on any atom is -0.406 e. The highest BCUT2D eigenvalue weighted by atomic mass is 79.9. The number of ketones is 1. The van der Waals surface area contributed by atoms with Gasteiger partial charge in [-0.25, -0.2) is 14.0 Å². The van der Waals surface area contributed by atoms with E-state index >= 15 is 0 Å². The molecule has 0 atom stereocenters. The summed E-state index contributed by atoms with van der Waals surface area (Å²) in [6, 6.07) is 22.5. The molecular weight excluding hydrogens is 1050 g/mol. The fraction of sp³-hybridized carbons (Fsp3) is 0.186. The highest BCUT2D eigenvalue weighted by Crippen LogP contribution is 2.34. The van der Waals surface area contributed by atoms with Gasteiger partial charge in [-0.2, -0.15) is 27.8 Å². The van der Waals surface area contributed by atoms with E-state index in [2.05, 4.69) is 78.4 Å². The third-order valence-electron chi connectivity index (χ3n) is 8.88. The van der Waals surface area contributed by atoms with Crippen LogP contribution in [0.25, 0.3) is 38.8 Å². The molecule has 0 unspecified atom stereocenters. The number of allylic oxidation sites excluding steroid dienone is 1. The number of carbonyl (C=O) groups is 1. The molecule has 3 aromatic heterocycles. The molecule has 68 heavy (non-hydrogen) atoms. The van der Waals surface area contributed by atoms with Gasteiger partial charge in [-0.15, -0.1) is 31.4 Å². The van der Waals surface area contributed by atoms with Gasteiger partial charge in [-0.1, -0.05) is 48.8 Å². The number of carbonyl (C=O) groups excluding carboxylic acids is 1. The molecule has 7 aromatic rings. The van der Waals surface area contributed by atoms with E-state index in [9.17, 15) is 48.7 Å². The fourth-order valence-electron chi connectivity index (χ4n) is 5.89. The van der Waals surface area contributed by atoms with Gasteiger partial charge in [0, 0.05) is 50.2 Å². The summed E-state index contributed by atoms with van der Waals surface area (Å²) in [5.74, 6) is -7.22. The van der Waals surface area contributed by atoms with Gasteiger partial charge in [0.1, 0.15) is 22.9 Å². The summed E-state index contributed by atoms with van der Waals surface area (Å²) < 4.78 is 140. The summed E-state index contributed by atoms with van der Waals surface area (Å²) in [5, 5.41) is 19.5. The molecule has 4 aromatic carbocycles. The Labute approximate surface area is 395 Å². The summed E-state index contributed by atoms with van der Waals surface area (Å²) in [4.78, 5) is 13.8. The third-order valence-corrected chi connectivity index (χ3v) is 9.86. The Balaban J connectivity index is 0.000000210. The van der Waals surface area contributed by atoms with E-state index in [-0.39, 0.29) is 34.2 Å². The molecule has 356 valence electrons. The van der Waals surface area contributed by atoms with Crippen LogP contribution in [-0.4, -0.2) is 53.1 Å². The van der Waals surface area contributed by atoms with E-state index in [1.807, 2.05) is 0 Å². The Morgan fingerprint density at radius 3 is 1.60 bits per heavy atom. The molecule has 0 aliphatic carbocycles. The Morgan fingerprint density at radius 1 is 0.676 bits per heavy atom. The van der Waals surface area contributed by atoms with Crippen LogP contribution in [-0.2, 0) is 11.8 Å². The number of halogens is 12. The van der Waals surface area contributed by atoms with Crippen LogP contribution in [0.3, 0.4) is 0 Å². The maximum absolute atomic E-state index is 13.8. The van der Waals surface area contributed by atoms with Crippen molar-refractivity contribution in [2.75, 3.05) is 0 Å². The van der Waals surface area contributed by atoms with Crippen LogP contribution in [0, 0.1) is 13.8 Å². The second-order valence-electron chi connectivity index (χ2n) is 14.1. The zero-order valence-electron chi connectivity index (χ0n) is 35.3. The number of hydrogen-bond acceptors (Lipinski definition) is 8. The molecule has 0 amide bonds. The van der Waals surface area contributed by atoms with Crippen LogP contribution in [0.1, 0.15) is 47.0 Å². The van der Waals surface area contributed by atoms with E-state index in [1.165, 1.54) is 68.8 Å². The van der Waals surface area contributed by atoms with Gasteiger partial charge < -0.3 is 9.47 Å². The first-order valence-corrected chi connectivity index (χ1v) is 20.6. The topological polar surface area (TPSA) is 151 Å². The summed E-state index contributed by atoms with van der Waals surface area (Å²) >= 11 is 6.66. The maximum atomic E-state index is 13.8. The lowest BCUT2D eigenvalue weighted by Crippen LogP contribution is -2.17. The number of aryl methyl sites for hydroxylation is 2. The highest BCUT2D eigenvalue weighted by molar-refractivity contribution is 9.10. The van der Waals surface area contributed by atoms with E-state index in [4.69, 9.17) is 5.53 Å². The van der Waals surface area contributed by atoms with Crippen molar-refractivity contribution in [3.63, 3.8) is 0 Å². The van der Waals surface area contributed by atoms with Gasteiger partial charge in [0.15, 0.2) is 5.78 Å². The van der Waals surface area contributed by atoms with Gasteiger partial charge >= 0.3 is 12.7 Å². The Hall–Kier alpha value is -6.98. The summed E-state index contributed by atoms with van der Waals surface area (Å²) in [5.41, 5.74) is 11.8. The molecule has 0 spiro atoms. The summed E-state index contributed by atoms with van der Waals surface area (Å²) in [6.45, 7) is 8.12. The molecule has 3 heterocycles. The van der Waals surface area contributed by atoms with Crippen molar-refractivity contribution in [3.05, 3.63) is 164 Å². The van der Waals surface area contributed by atoms with Crippen LogP contribution in [0.2, 0.25) is 0 Å². The van der Waals surface area contributed by atoms with Crippen LogP contribution >= 0.6 is 31.9 Å². The lowest BCUT2D eigenvalue weighted by atomic mass is 10.1. The van der Waals surface area contributed by atoms with E-state index < -0.39 is 24.6 Å². The number of aromatic nitrogens is 7. The van der Waals surface area contributed by atoms with E-state index in [0.29, 0.717) is 49.9 Å². The second kappa shape index (κ2) is 20.9. The minimum absolute atomic E-state index is 0.263. The lowest BCUT2D eigenvalue weighted by molar-refractivity contribution is -0.275. The minimum atomic E-state index is -4.80. The molecule has 0 aliphatic heterocycles. The first-order valence-electron chi connectivity index (χ1n) is 19.0. The van der Waals surface area contributed by atoms with E-state index in [0.717, 1.165) is 36.5 Å². The van der Waals surface area contributed by atoms with Gasteiger partial charge in [0.2, 0.25) is 0 Å². The number of azide groups is 1. The van der Waals surface area contributed by atoms with Crippen molar-refractivity contribution in [1.82, 2.24) is 34.6 Å². The Kier molecular flexibility index (Phi) is 16.0. The number of ether oxygens (including phenoxy) is 2. The SMILES string of the molecule is C=CC(=O)c1ccc(OC(F)(F)F)cc1.Cc1cc(C(C)(F)F)nn1-c1ccc(Br)cc1-n1nncc1-c1ccc(OC(F)(F)F)cc1.Cc1cc(C(C)(F)F)nn1-c1ccc(Br)cc1N=[N+]=[N-]. The molecule has 0 N–H and O–H groups in total. The first kappa shape index (κ1) is 52.0. The third kappa shape index (κ3) is 13.8. The van der Waals surface area contributed by atoms with Gasteiger partial charge in [-0.05, 0) is 123 Å². The molecule has 0 fully saturated rings. The van der Waals surface area contributed by atoms with Gasteiger partial charge in [0.05, 0.1) is 34.6 Å². The number of hydrogen-bond donors (Lipinski definition) is 0. The number of benzene rings is 4. The van der Waals surface area contributed by atoms with Gasteiger partial charge in [-0.3, -0.25) is 4.79 Å². The second-order valence-corrected chi connectivity index (χ2v) is 16.0. The quantitative estimate of drug-likeness (QED) is 0.0312. The predicted molar refractivity (Wildman–Crippen MR) is 235 cm³/mol. The largest absolute Gasteiger partial charge is 0.573 e. The van der Waals surface area contributed by atoms with Crippen molar-refractivity contribution < 1.29 is 58.2 Å². The van der Waals surface area contributed by atoms with Crippen molar-refractivity contribution in [2.24, 2.45) is 5.11 Å². The molecule has 0 radical (unpaired) electrons. The summed E-state index contributed by atoms with van der Waals surface area (Å²) in [7, 11) is 0. The lowest BCUT2D eigenvalue weighted by Gasteiger charge is -2.14. The Morgan fingerprint density at radius 2 is 1.15 bits per heavy atom. The monoisotopic (exact) mass is 1080 g/mol. The van der Waals surface area contributed by atoms with Crippen LogP contribution in [0.4, 0.5) is 49.6 Å². The molecule has 13 nitrogen and oxygen atoms in total. The van der Waals surface area contributed by atoms with E-state index in [1.54, 1.807) is 50.2 Å². The van der Waals surface area contributed by atoms with Crippen molar-refractivity contribution in [2.45, 2.75) is 52.3 Å². The van der Waals surface area contributed by atoms with Gasteiger partial charge in [0.25, 0.3) is 11.8 Å². The molecule has 0 saturated carbocycles. The summed E-state index contributed by atoms with van der Waals surface area (Å²) in [6.07, 6.45) is -7.00. The van der Waals surface area contributed by atoms with Crippen molar-refractivity contribution in [1.29, 1.82) is 0 Å². The molecule has 0 aliphatic rings. The van der Waals surface area contributed by atoms with Crippen LogP contribution in [0.5, 0.6) is 11.5 Å². The van der Waals surface area contributed by atoms with Crippen molar-refractivity contribution in [3.8, 4) is 39.8 Å². The zero-order valence-corrected chi connectivity index (χ0v) is 38.5. The fourth-order valence-corrected chi connectivity index (χ4v) is 6.59. The van der Waals surface area contributed by atoms with Crippen molar-refractivity contribution >= 4 is 43.3 Å². The smallest absolute Gasteiger partial charge is 0.406 e.